The maximum atomic E-state index is 10.5. The second-order valence-electron chi connectivity index (χ2n) is 7.61. The van der Waals surface area contributed by atoms with Crippen LogP contribution < -0.4 is 9.16 Å². The number of ether oxygens (including phenoxy) is 1. The summed E-state index contributed by atoms with van der Waals surface area (Å²) in [5.41, 5.74) is 1.69. The van der Waals surface area contributed by atoms with Crippen molar-refractivity contribution in [1.29, 1.82) is 0 Å². The molecule has 0 amide bonds. The summed E-state index contributed by atoms with van der Waals surface area (Å²) in [5.74, 6) is 1.65. The maximum absolute atomic E-state index is 10.5. The average molecular weight is 345 g/mol. The Labute approximate surface area is 146 Å². The van der Waals surface area contributed by atoms with Crippen molar-refractivity contribution in [3.05, 3.63) is 59.7 Å². The first-order chi connectivity index (χ1) is 11.1. The quantitative estimate of drug-likeness (QED) is 0.761. The van der Waals surface area contributed by atoms with E-state index in [0.717, 1.165) is 22.6 Å². The lowest BCUT2D eigenvalue weighted by atomic mass is 10.0. The molecule has 0 saturated heterocycles. The molecule has 0 bridgehead atoms. The molecular weight excluding hydrogens is 316 g/mol. The van der Waals surface area contributed by atoms with Crippen LogP contribution in [0.5, 0.6) is 11.5 Å². The van der Waals surface area contributed by atoms with Crippen LogP contribution in [0.3, 0.4) is 0 Å². The summed E-state index contributed by atoms with van der Waals surface area (Å²) in [6.45, 7) is 11.1. The lowest BCUT2D eigenvalue weighted by Crippen LogP contribution is -2.43. The Morgan fingerprint density at radius 2 is 1.25 bits per heavy atom. The molecule has 2 aromatic carbocycles. The maximum Gasteiger partial charge on any atom is 0.250 e. The molecular formula is C20H28O3Si. The van der Waals surface area contributed by atoms with Gasteiger partial charge in [-0.05, 0) is 53.5 Å². The molecule has 0 aliphatic heterocycles. The van der Waals surface area contributed by atoms with Crippen LogP contribution in [0.1, 0.15) is 38.0 Å². The summed E-state index contributed by atoms with van der Waals surface area (Å²) in [4.78, 5) is 0. The predicted octanol–water partition coefficient (Wildman–Crippen LogP) is 5.16. The van der Waals surface area contributed by atoms with Gasteiger partial charge in [0.25, 0.3) is 0 Å². The Kier molecular flexibility index (Phi) is 5.41. The van der Waals surface area contributed by atoms with Gasteiger partial charge in [-0.25, -0.2) is 0 Å². The third kappa shape index (κ3) is 4.19. The molecule has 3 nitrogen and oxygen atoms in total. The fourth-order valence-corrected chi connectivity index (χ4v) is 3.18. The third-order valence-electron chi connectivity index (χ3n) is 4.81. The number of methoxy groups -OCH3 is 1. The van der Waals surface area contributed by atoms with E-state index in [2.05, 4.69) is 33.9 Å². The van der Waals surface area contributed by atoms with Crippen molar-refractivity contribution in [1.82, 2.24) is 0 Å². The molecule has 0 aliphatic carbocycles. The number of aliphatic hydroxyl groups excluding tert-OH is 1. The molecule has 0 spiro atoms. The van der Waals surface area contributed by atoms with E-state index in [1.165, 1.54) is 0 Å². The zero-order chi connectivity index (χ0) is 18.0. The minimum atomic E-state index is -1.84. The summed E-state index contributed by atoms with van der Waals surface area (Å²) in [7, 11) is -0.210. The standard InChI is InChI=1S/C20H28O3Si/c1-20(2,3)24(5,6)23-18-13-9-16(10-14-18)19(21)15-7-11-17(22-4)12-8-15/h7-14,19,21H,1-6H3. The summed E-state index contributed by atoms with van der Waals surface area (Å²) < 4.78 is 11.4. The van der Waals surface area contributed by atoms with Gasteiger partial charge >= 0.3 is 0 Å². The van der Waals surface area contributed by atoms with Crippen molar-refractivity contribution in [2.24, 2.45) is 0 Å². The van der Waals surface area contributed by atoms with E-state index in [9.17, 15) is 5.11 Å². The molecule has 2 rings (SSSR count). The second kappa shape index (κ2) is 6.99. The molecule has 2 aromatic rings. The van der Waals surface area contributed by atoms with Crippen molar-refractivity contribution in [2.75, 3.05) is 7.11 Å². The van der Waals surface area contributed by atoms with E-state index in [1.807, 2.05) is 48.5 Å². The largest absolute Gasteiger partial charge is 0.544 e. The SMILES string of the molecule is COc1ccc(C(O)c2ccc(O[Si](C)(C)C(C)(C)C)cc2)cc1. The van der Waals surface area contributed by atoms with Crippen molar-refractivity contribution in [3.63, 3.8) is 0 Å². The fourth-order valence-electron chi connectivity index (χ4n) is 2.14. The molecule has 0 radical (unpaired) electrons. The topological polar surface area (TPSA) is 38.7 Å². The first-order valence-electron chi connectivity index (χ1n) is 8.25. The Balaban J connectivity index is 2.13. The molecule has 0 fully saturated rings. The number of aliphatic hydroxyl groups is 1. The molecule has 0 saturated carbocycles. The molecule has 24 heavy (non-hydrogen) atoms. The lowest BCUT2D eigenvalue weighted by molar-refractivity contribution is 0.220. The Morgan fingerprint density at radius 1 is 0.833 bits per heavy atom. The molecule has 130 valence electrons. The van der Waals surface area contributed by atoms with Crippen molar-refractivity contribution in [3.8, 4) is 11.5 Å². The average Bonchev–Trinajstić information content (AvgIpc) is 2.53. The number of hydrogen-bond donors (Lipinski definition) is 1. The van der Waals surface area contributed by atoms with Crippen LogP contribution in [0.2, 0.25) is 18.1 Å². The number of rotatable bonds is 5. The van der Waals surface area contributed by atoms with Crippen LogP contribution in [-0.2, 0) is 0 Å². The first-order valence-corrected chi connectivity index (χ1v) is 11.2. The molecule has 1 N–H and O–H groups in total. The highest BCUT2D eigenvalue weighted by atomic mass is 28.4. The fraction of sp³-hybridized carbons (Fsp3) is 0.400. The molecule has 0 aliphatic rings. The van der Waals surface area contributed by atoms with E-state index < -0.39 is 14.4 Å². The molecule has 0 heterocycles. The molecule has 1 unspecified atom stereocenters. The molecule has 1 atom stereocenters. The monoisotopic (exact) mass is 344 g/mol. The van der Waals surface area contributed by atoms with Crippen LogP contribution in [0, 0.1) is 0 Å². The molecule has 0 aromatic heterocycles. The van der Waals surface area contributed by atoms with Crippen LogP contribution in [-0.4, -0.2) is 20.5 Å². The van der Waals surface area contributed by atoms with Crippen LogP contribution in [0.15, 0.2) is 48.5 Å². The second-order valence-corrected chi connectivity index (χ2v) is 12.3. The van der Waals surface area contributed by atoms with Crippen LogP contribution in [0.25, 0.3) is 0 Å². The summed E-state index contributed by atoms with van der Waals surface area (Å²) >= 11 is 0. The van der Waals surface area contributed by atoms with E-state index in [-0.39, 0.29) is 5.04 Å². The third-order valence-corrected chi connectivity index (χ3v) is 9.16. The van der Waals surface area contributed by atoms with E-state index >= 15 is 0 Å². The Bertz CT molecular complexity index is 655. The highest BCUT2D eigenvalue weighted by Gasteiger charge is 2.38. The first kappa shape index (κ1) is 18.6. The summed E-state index contributed by atoms with van der Waals surface area (Å²) in [6.07, 6.45) is -0.655. The van der Waals surface area contributed by atoms with Gasteiger partial charge in [0.1, 0.15) is 17.6 Å². The van der Waals surface area contributed by atoms with Gasteiger partial charge in [0.15, 0.2) is 0 Å². The van der Waals surface area contributed by atoms with E-state index in [1.54, 1.807) is 7.11 Å². The van der Waals surface area contributed by atoms with E-state index in [4.69, 9.17) is 9.16 Å². The van der Waals surface area contributed by atoms with E-state index in [0.29, 0.717) is 0 Å². The van der Waals surface area contributed by atoms with Gasteiger partial charge in [-0.1, -0.05) is 45.0 Å². The van der Waals surface area contributed by atoms with Crippen LogP contribution in [0.4, 0.5) is 0 Å². The normalized spacial score (nSPS) is 13.5. The van der Waals surface area contributed by atoms with Crippen LogP contribution >= 0.6 is 0 Å². The van der Waals surface area contributed by atoms with Gasteiger partial charge in [0.05, 0.1) is 7.11 Å². The smallest absolute Gasteiger partial charge is 0.250 e. The van der Waals surface area contributed by atoms with Crippen molar-refractivity contribution >= 4 is 8.32 Å². The summed E-state index contributed by atoms with van der Waals surface area (Å²) in [6, 6.07) is 15.2. The van der Waals surface area contributed by atoms with Gasteiger partial charge in [-0.15, -0.1) is 0 Å². The van der Waals surface area contributed by atoms with Crippen molar-refractivity contribution in [2.45, 2.75) is 45.0 Å². The zero-order valence-corrected chi connectivity index (χ0v) is 16.5. The Hall–Kier alpha value is -1.78. The predicted molar refractivity (Wildman–Crippen MR) is 101 cm³/mol. The number of benzene rings is 2. The minimum absolute atomic E-state index is 0.161. The van der Waals surface area contributed by atoms with Gasteiger partial charge in [-0.3, -0.25) is 0 Å². The highest BCUT2D eigenvalue weighted by Crippen LogP contribution is 2.37. The lowest BCUT2D eigenvalue weighted by Gasteiger charge is -2.36. The zero-order valence-electron chi connectivity index (χ0n) is 15.5. The summed E-state index contributed by atoms with van der Waals surface area (Å²) in [5, 5.41) is 10.7. The van der Waals surface area contributed by atoms with Crippen molar-refractivity contribution < 1.29 is 14.3 Å². The highest BCUT2D eigenvalue weighted by molar-refractivity contribution is 6.74. The minimum Gasteiger partial charge on any atom is -0.544 e. The van der Waals surface area contributed by atoms with Gasteiger partial charge < -0.3 is 14.3 Å². The molecule has 4 heteroatoms. The van der Waals surface area contributed by atoms with Gasteiger partial charge in [-0.2, -0.15) is 0 Å². The Morgan fingerprint density at radius 3 is 1.62 bits per heavy atom. The van der Waals surface area contributed by atoms with Gasteiger partial charge in [0.2, 0.25) is 8.32 Å². The van der Waals surface area contributed by atoms with Gasteiger partial charge in [0, 0.05) is 0 Å². The number of hydrogen-bond acceptors (Lipinski definition) is 3.